The summed E-state index contributed by atoms with van der Waals surface area (Å²) in [5, 5.41) is 2.43. The van der Waals surface area contributed by atoms with E-state index in [0.29, 0.717) is 0 Å². The summed E-state index contributed by atoms with van der Waals surface area (Å²) in [6, 6.07) is 30.9. The fourth-order valence-corrected chi connectivity index (χ4v) is 5.72. The van der Waals surface area contributed by atoms with Gasteiger partial charge in [0.1, 0.15) is 6.33 Å². The van der Waals surface area contributed by atoms with Crippen molar-refractivity contribution >= 4 is 28.0 Å². The fourth-order valence-electron chi connectivity index (χ4n) is 5.72. The van der Waals surface area contributed by atoms with Gasteiger partial charge in [-0.15, -0.1) is 0 Å². The van der Waals surface area contributed by atoms with Crippen molar-refractivity contribution in [2.75, 3.05) is 0 Å². The van der Waals surface area contributed by atoms with Gasteiger partial charge in [0.2, 0.25) is 0 Å². The monoisotopic (exact) mass is 516 g/mol. The maximum atomic E-state index is 4.43. The minimum atomic E-state index is 0.850. The molecular formula is C36H28N4. The standard InChI is InChI=1S/C36H28N4/c1-25-13-14-27(19-33(25)31-10-3-2-9-29(31)18-26-8-6-7-17-37-21-26)28-15-16-36-34(20-28)32-11-4-5-12-35(32)40(36)30-22-38-24-39-23-30/h2-6,8-17,19-24H,7,18H2,1H3. The molecule has 0 unspecified atom stereocenters. The number of hydrogen-bond acceptors (Lipinski definition) is 3. The Labute approximate surface area is 233 Å². The maximum absolute atomic E-state index is 4.43. The third-order valence-electron chi connectivity index (χ3n) is 7.67. The second-order valence-corrected chi connectivity index (χ2v) is 10.2. The van der Waals surface area contributed by atoms with Crippen molar-refractivity contribution < 1.29 is 0 Å². The summed E-state index contributed by atoms with van der Waals surface area (Å²) in [6.45, 7) is 2.20. The van der Waals surface area contributed by atoms with Crippen molar-refractivity contribution in [1.29, 1.82) is 0 Å². The second-order valence-electron chi connectivity index (χ2n) is 10.2. The molecule has 0 saturated heterocycles. The molecule has 0 saturated carbocycles. The van der Waals surface area contributed by atoms with E-state index >= 15 is 0 Å². The molecule has 1 aliphatic heterocycles. The molecule has 192 valence electrons. The Balaban J connectivity index is 1.34. The molecule has 0 N–H and O–H groups in total. The van der Waals surface area contributed by atoms with Crippen LogP contribution in [0.1, 0.15) is 17.5 Å². The van der Waals surface area contributed by atoms with Crippen LogP contribution in [0.15, 0.2) is 133 Å². The summed E-state index contributed by atoms with van der Waals surface area (Å²) in [5.41, 5.74) is 12.0. The number of aryl methyl sites for hydroxylation is 1. The van der Waals surface area contributed by atoms with Gasteiger partial charge in [-0.3, -0.25) is 4.99 Å². The quantitative estimate of drug-likeness (QED) is 0.230. The van der Waals surface area contributed by atoms with Crippen molar-refractivity contribution in [3.05, 3.63) is 139 Å². The van der Waals surface area contributed by atoms with Crippen molar-refractivity contribution in [3.63, 3.8) is 0 Å². The SMILES string of the molecule is Cc1ccc(-c2ccc3c(c2)c2ccccc2n3-c2cncnc2)cc1-c1ccccc1CC1=CN=CCC=C1. The number of benzene rings is 4. The lowest BCUT2D eigenvalue weighted by Crippen LogP contribution is -1.95. The van der Waals surface area contributed by atoms with E-state index in [4.69, 9.17) is 0 Å². The molecule has 0 aliphatic carbocycles. The highest BCUT2D eigenvalue weighted by molar-refractivity contribution is 6.10. The molecule has 7 rings (SSSR count). The molecule has 0 atom stereocenters. The molecule has 3 heterocycles. The number of aromatic nitrogens is 3. The molecule has 0 radical (unpaired) electrons. The average Bonchev–Trinajstić information content (AvgIpc) is 3.11. The average molecular weight is 517 g/mol. The molecular weight excluding hydrogens is 488 g/mol. The van der Waals surface area contributed by atoms with Gasteiger partial charge in [-0.1, -0.05) is 72.8 Å². The van der Waals surface area contributed by atoms with Crippen LogP contribution in [0.2, 0.25) is 0 Å². The van der Waals surface area contributed by atoms with Crippen molar-refractivity contribution in [3.8, 4) is 27.9 Å². The second kappa shape index (κ2) is 10.2. The summed E-state index contributed by atoms with van der Waals surface area (Å²) >= 11 is 0. The van der Waals surface area contributed by atoms with Crippen molar-refractivity contribution in [2.24, 2.45) is 4.99 Å². The van der Waals surface area contributed by atoms with E-state index < -0.39 is 0 Å². The van der Waals surface area contributed by atoms with Crippen LogP contribution in [0.3, 0.4) is 0 Å². The van der Waals surface area contributed by atoms with E-state index in [1.165, 1.54) is 49.7 Å². The predicted molar refractivity (Wildman–Crippen MR) is 166 cm³/mol. The Hall–Kier alpha value is -5.09. The van der Waals surface area contributed by atoms with Gasteiger partial charge in [0, 0.05) is 29.6 Å². The summed E-state index contributed by atoms with van der Waals surface area (Å²) in [6.07, 6.45) is 15.3. The molecule has 0 bridgehead atoms. The first-order chi connectivity index (χ1) is 19.8. The molecule has 0 amide bonds. The highest BCUT2D eigenvalue weighted by Gasteiger charge is 2.15. The van der Waals surface area contributed by atoms with Crippen LogP contribution >= 0.6 is 0 Å². The summed E-state index contributed by atoms with van der Waals surface area (Å²) in [4.78, 5) is 13.0. The zero-order valence-corrected chi connectivity index (χ0v) is 22.3. The Morgan fingerprint density at radius 2 is 1.52 bits per heavy atom. The summed E-state index contributed by atoms with van der Waals surface area (Å²) in [5.74, 6) is 0. The Morgan fingerprint density at radius 1 is 0.750 bits per heavy atom. The van der Waals surface area contributed by atoms with Crippen LogP contribution in [0.25, 0.3) is 49.7 Å². The Morgan fingerprint density at radius 3 is 2.45 bits per heavy atom. The van der Waals surface area contributed by atoms with E-state index in [1.807, 2.05) is 24.8 Å². The molecule has 4 heteroatoms. The predicted octanol–water partition coefficient (Wildman–Crippen LogP) is 8.67. The number of fused-ring (bicyclic) bond motifs is 3. The zero-order chi connectivity index (χ0) is 26.9. The largest absolute Gasteiger partial charge is 0.306 e. The molecule has 4 aromatic carbocycles. The minimum Gasteiger partial charge on any atom is -0.306 e. The van der Waals surface area contributed by atoms with Gasteiger partial charge in [0.25, 0.3) is 0 Å². The number of aliphatic imine (C=N–C) groups is 1. The first-order valence-electron chi connectivity index (χ1n) is 13.6. The van der Waals surface area contributed by atoms with E-state index in [2.05, 4.69) is 124 Å². The van der Waals surface area contributed by atoms with Gasteiger partial charge in [-0.2, -0.15) is 0 Å². The topological polar surface area (TPSA) is 43.1 Å². The molecule has 40 heavy (non-hydrogen) atoms. The van der Waals surface area contributed by atoms with E-state index in [9.17, 15) is 0 Å². The normalized spacial score (nSPS) is 13.1. The Bertz CT molecular complexity index is 1960. The molecule has 1 aliphatic rings. The van der Waals surface area contributed by atoms with Gasteiger partial charge >= 0.3 is 0 Å². The van der Waals surface area contributed by atoms with Crippen molar-refractivity contribution in [1.82, 2.24) is 14.5 Å². The lowest BCUT2D eigenvalue weighted by Gasteiger charge is -2.15. The van der Waals surface area contributed by atoms with Gasteiger partial charge in [0.15, 0.2) is 0 Å². The lowest BCUT2D eigenvalue weighted by atomic mass is 9.90. The number of rotatable bonds is 5. The van der Waals surface area contributed by atoms with Gasteiger partial charge in [-0.05, 0) is 76.6 Å². The summed E-state index contributed by atoms with van der Waals surface area (Å²) in [7, 11) is 0. The minimum absolute atomic E-state index is 0.850. The van der Waals surface area contributed by atoms with Crippen LogP contribution in [-0.4, -0.2) is 20.7 Å². The number of allylic oxidation sites excluding steroid dienone is 3. The van der Waals surface area contributed by atoms with Crippen LogP contribution in [0.4, 0.5) is 0 Å². The third-order valence-corrected chi connectivity index (χ3v) is 7.67. The van der Waals surface area contributed by atoms with Crippen LogP contribution < -0.4 is 0 Å². The molecule has 6 aromatic rings. The molecule has 0 fully saturated rings. The smallest absolute Gasteiger partial charge is 0.115 e. The Kier molecular flexibility index (Phi) is 6.14. The van der Waals surface area contributed by atoms with E-state index in [0.717, 1.165) is 29.6 Å². The molecule has 0 spiro atoms. The fraction of sp³-hybridized carbons (Fsp3) is 0.0833. The first-order valence-corrected chi connectivity index (χ1v) is 13.6. The van der Waals surface area contributed by atoms with Gasteiger partial charge < -0.3 is 4.57 Å². The number of hydrogen-bond donors (Lipinski definition) is 0. The highest BCUT2D eigenvalue weighted by atomic mass is 15.0. The van der Waals surface area contributed by atoms with Gasteiger partial charge in [0.05, 0.1) is 29.1 Å². The van der Waals surface area contributed by atoms with E-state index in [-0.39, 0.29) is 0 Å². The number of para-hydroxylation sites is 1. The zero-order valence-electron chi connectivity index (χ0n) is 22.3. The molecule has 2 aromatic heterocycles. The maximum Gasteiger partial charge on any atom is 0.115 e. The third kappa shape index (κ3) is 4.34. The van der Waals surface area contributed by atoms with Crippen LogP contribution in [0.5, 0.6) is 0 Å². The van der Waals surface area contributed by atoms with Crippen molar-refractivity contribution in [2.45, 2.75) is 19.8 Å². The van der Waals surface area contributed by atoms with Crippen LogP contribution in [0, 0.1) is 6.92 Å². The van der Waals surface area contributed by atoms with Crippen LogP contribution in [-0.2, 0) is 6.42 Å². The first kappa shape index (κ1) is 24.0. The highest BCUT2D eigenvalue weighted by Crippen LogP contribution is 2.37. The summed E-state index contributed by atoms with van der Waals surface area (Å²) < 4.78 is 2.24. The number of nitrogens with zero attached hydrogens (tertiary/aromatic N) is 4. The lowest BCUT2D eigenvalue weighted by molar-refractivity contribution is 1.07. The van der Waals surface area contributed by atoms with E-state index in [1.54, 1.807) is 6.33 Å². The van der Waals surface area contributed by atoms with Gasteiger partial charge in [-0.25, -0.2) is 9.97 Å². The molecule has 4 nitrogen and oxygen atoms in total.